The highest BCUT2D eigenvalue weighted by Gasteiger charge is 2.12. The van der Waals surface area contributed by atoms with Crippen LogP contribution in [0, 0.1) is 0 Å². The Morgan fingerprint density at radius 1 is 1.61 bits per heavy atom. The van der Waals surface area contributed by atoms with E-state index >= 15 is 0 Å². The fourth-order valence-electron chi connectivity index (χ4n) is 1.19. The van der Waals surface area contributed by atoms with Crippen LogP contribution in [0.3, 0.4) is 0 Å². The summed E-state index contributed by atoms with van der Waals surface area (Å²) in [6, 6.07) is 3.07. The molecule has 1 heterocycles. The Labute approximate surface area is 108 Å². The van der Waals surface area contributed by atoms with E-state index < -0.39 is 16.8 Å². The zero-order valence-corrected chi connectivity index (χ0v) is 11.4. The molecule has 0 radical (unpaired) electrons. The van der Waals surface area contributed by atoms with Gasteiger partial charge in [0, 0.05) is 28.9 Å². The van der Waals surface area contributed by atoms with Crippen molar-refractivity contribution in [3.63, 3.8) is 0 Å². The van der Waals surface area contributed by atoms with Crippen LogP contribution in [0.4, 0.5) is 11.5 Å². The van der Waals surface area contributed by atoms with Gasteiger partial charge in [-0.3, -0.25) is 4.21 Å². The third kappa shape index (κ3) is 3.69. The van der Waals surface area contributed by atoms with Crippen LogP contribution in [0.15, 0.2) is 12.1 Å². The van der Waals surface area contributed by atoms with Gasteiger partial charge in [0.15, 0.2) is 5.69 Å². The number of rotatable bonds is 5. The van der Waals surface area contributed by atoms with Gasteiger partial charge in [0.1, 0.15) is 5.82 Å². The Bertz CT molecular complexity index is 465. The number of nitrogen functional groups attached to an aromatic ring is 1. The third-order valence-corrected chi connectivity index (χ3v) is 3.74. The van der Waals surface area contributed by atoms with E-state index in [9.17, 15) is 9.00 Å². The topological polar surface area (TPSA) is 94.3 Å². The van der Waals surface area contributed by atoms with Crippen molar-refractivity contribution in [1.82, 2.24) is 4.98 Å². The lowest BCUT2D eigenvalue weighted by Gasteiger charge is -2.12. The van der Waals surface area contributed by atoms with Gasteiger partial charge in [0.2, 0.25) is 0 Å². The SMILES string of the molecule is COC(=O)c1ccc(N)c(NCC(C)S(C)=O)n1. The molecule has 1 aromatic heterocycles. The minimum absolute atomic E-state index is 0.0343. The van der Waals surface area contributed by atoms with Crippen LogP contribution in [0.2, 0.25) is 0 Å². The largest absolute Gasteiger partial charge is 0.464 e. The third-order valence-electron chi connectivity index (χ3n) is 2.44. The maximum Gasteiger partial charge on any atom is 0.356 e. The van der Waals surface area contributed by atoms with Gasteiger partial charge in [0.25, 0.3) is 0 Å². The average molecular weight is 271 g/mol. The number of nitrogens with two attached hydrogens (primary N) is 1. The summed E-state index contributed by atoms with van der Waals surface area (Å²) in [7, 11) is 0.358. The number of hydrogen-bond acceptors (Lipinski definition) is 6. The Morgan fingerprint density at radius 3 is 2.83 bits per heavy atom. The summed E-state index contributed by atoms with van der Waals surface area (Å²) < 4.78 is 15.8. The fourth-order valence-corrected chi connectivity index (χ4v) is 1.51. The van der Waals surface area contributed by atoms with Gasteiger partial charge in [0.05, 0.1) is 12.8 Å². The number of carbonyl (C=O) groups is 1. The molecule has 3 N–H and O–H groups in total. The molecule has 7 heteroatoms. The molecule has 0 saturated carbocycles. The summed E-state index contributed by atoms with van der Waals surface area (Å²) in [6.45, 7) is 2.31. The van der Waals surface area contributed by atoms with E-state index in [-0.39, 0.29) is 10.9 Å². The fraction of sp³-hybridized carbons (Fsp3) is 0.455. The van der Waals surface area contributed by atoms with E-state index in [1.807, 2.05) is 6.92 Å². The predicted octanol–water partition coefficient (Wildman–Crippen LogP) is 0.629. The molecule has 0 aliphatic carbocycles. The summed E-state index contributed by atoms with van der Waals surface area (Å²) in [5.74, 6) is -0.125. The first-order valence-electron chi connectivity index (χ1n) is 5.36. The van der Waals surface area contributed by atoms with Crippen LogP contribution in [-0.2, 0) is 15.5 Å². The van der Waals surface area contributed by atoms with Crippen LogP contribution in [-0.4, -0.2) is 40.3 Å². The van der Waals surface area contributed by atoms with Gasteiger partial charge in [-0.05, 0) is 19.1 Å². The second-order valence-corrected chi connectivity index (χ2v) is 5.62. The molecular formula is C11H17N3O3S. The second-order valence-electron chi connectivity index (χ2n) is 3.82. The van der Waals surface area contributed by atoms with E-state index in [0.717, 1.165) is 0 Å². The quantitative estimate of drug-likeness (QED) is 0.763. The van der Waals surface area contributed by atoms with Crippen molar-refractivity contribution in [2.24, 2.45) is 0 Å². The molecule has 2 atom stereocenters. The summed E-state index contributed by atoms with van der Waals surface area (Å²) in [4.78, 5) is 15.4. The number of nitrogens with one attached hydrogen (secondary N) is 1. The van der Waals surface area contributed by atoms with Gasteiger partial charge in [-0.25, -0.2) is 9.78 Å². The number of pyridine rings is 1. The van der Waals surface area contributed by atoms with E-state index in [1.165, 1.54) is 13.2 Å². The predicted molar refractivity (Wildman–Crippen MR) is 72.0 cm³/mol. The molecule has 0 aromatic carbocycles. The van der Waals surface area contributed by atoms with Crippen LogP contribution >= 0.6 is 0 Å². The molecule has 0 amide bonds. The molecule has 0 spiro atoms. The summed E-state index contributed by atoms with van der Waals surface area (Å²) in [5.41, 5.74) is 6.35. The van der Waals surface area contributed by atoms with Crippen molar-refractivity contribution >= 4 is 28.3 Å². The molecule has 100 valence electrons. The number of carbonyl (C=O) groups excluding carboxylic acids is 1. The highest BCUT2D eigenvalue weighted by molar-refractivity contribution is 7.84. The van der Waals surface area contributed by atoms with Crippen molar-refractivity contribution in [2.45, 2.75) is 12.2 Å². The Hall–Kier alpha value is -1.63. The molecule has 0 aliphatic rings. The van der Waals surface area contributed by atoms with E-state index in [2.05, 4.69) is 15.0 Å². The van der Waals surface area contributed by atoms with Crippen molar-refractivity contribution in [3.05, 3.63) is 17.8 Å². The number of nitrogens with zero attached hydrogens (tertiary/aromatic N) is 1. The Kier molecular flexibility index (Phi) is 5.08. The van der Waals surface area contributed by atoms with Crippen LogP contribution in [0.1, 0.15) is 17.4 Å². The summed E-state index contributed by atoms with van der Waals surface area (Å²) in [6.07, 6.45) is 1.63. The monoisotopic (exact) mass is 271 g/mol. The first-order chi connectivity index (χ1) is 8.45. The Balaban J connectivity index is 2.81. The second kappa shape index (κ2) is 6.34. The number of anilines is 2. The molecular weight excluding hydrogens is 254 g/mol. The van der Waals surface area contributed by atoms with Crippen LogP contribution < -0.4 is 11.1 Å². The smallest absolute Gasteiger partial charge is 0.356 e. The summed E-state index contributed by atoms with van der Waals surface area (Å²) in [5, 5.41) is 2.94. The first kappa shape index (κ1) is 14.4. The lowest BCUT2D eigenvalue weighted by atomic mass is 10.3. The van der Waals surface area contributed by atoms with Crippen molar-refractivity contribution < 1.29 is 13.7 Å². The van der Waals surface area contributed by atoms with Gasteiger partial charge in [-0.2, -0.15) is 0 Å². The standard InChI is InChI=1S/C11H17N3O3S/c1-7(18(3)16)6-13-10-8(12)4-5-9(14-10)11(15)17-2/h4-5,7H,6,12H2,1-3H3,(H,13,14). The molecule has 1 rings (SSSR count). The highest BCUT2D eigenvalue weighted by atomic mass is 32.2. The lowest BCUT2D eigenvalue weighted by Crippen LogP contribution is -2.22. The number of esters is 1. The van der Waals surface area contributed by atoms with E-state index in [4.69, 9.17) is 5.73 Å². The summed E-state index contributed by atoms with van der Waals surface area (Å²) >= 11 is 0. The van der Waals surface area contributed by atoms with E-state index in [0.29, 0.717) is 18.1 Å². The van der Waals surface area contributed by atoms with Crippen LogP contribution in [0.25, 0.3) is 0 Å². The van der Waals surface area contributed by atoms with Gasteiger partial charge >= 0.3 is 5.97 Å². The number of methoxy groups -OCH3 is 1. The lowest BCUT2D eigenvalue weighted by molar-refractivity contribution is 0.0594. The molecule has 6 nitrogen and oxygen atoms in total. The van der Waals surface area contributed by atoms with Crippen LogP contribution in [0.5, 0.6) is 0 Å². The molecule has 0 fully saturated rings. The zero-order chi connectivity index (χ0) is 13.7. The van der Waals surface area contributed by atoms with Crippen molar-refractivity contribution in [1.29, 1.82) is 0 Å². The van der Waals surface area contributed by atoms with E-state index in [1.54, 1.807) is 12.3 Å². The minimum Gasteiger partial charge on any atom is -0.464 e. The van der Waals surface area contributed by atoms with Crippen molar-refractivity contribution in [3.8, 4) is 0 Å². The zero-order valence-electron chi connectivity index (χ0n) is 10.6. The normalized spacial score (nSPS) is 13.7. The number of hydrogen-bond donors (Lipinski definition) is 2. The van der Waals surface area contributed by atoms with Gasteiger partial charge in [-0.1, -0.05) is 0 Å². The number of aromatic nitrogens is 1. The highest BCUT2D eigenvalue weighted by Crippen LogP contribution is 2.16. The molecule has 0 saturated heterocycles. The van der Waals surface area contributed by atoms with Gasteiger partial charge < -0.3 is 15.8 Å². The molecule has 1 aromatic rings. The average Bonchev–Trinajstić information content (AvgIpc) is 2.36. The molecule has 0 aliphatic heterocycles. The molecule has 2 unspecified atom stereocenters. The first-order valence-corrected chi connectivity index (χ1v) is 6.98. The van der Waals surface area contributed by atoms with Gasteiger partial charge in [-0.15, -0.1) is 0 Å². The number of ether oxygens (including phenoxy) is 1. The molecule has 0 bridgehead atoms. The minimum atomic E-state index is -0.929. The maximum absolute atomic E-state index is 11.3. The maximum atomic E-state index is 11.3. The Morgan fingerprint density at radius 2 is 2.28 bits per heavy atom. The molecule has 18 heavy (non-hydrogen) atoms. The van der Waals surface area contributed by atoms with Crippen molar-refractivity contribution in [2.75, 3.05) is 31.0 Å².